The molecule has 0 radical (unpaired) electrons. The van der Waals surface area contributed by atoms with Crippen LogP contribution in [0, 0.1) is 6.92 Å². The molecule has 0 aliphatic carbocycles. The Morgan fingerprint density at radius 1 is 1.20 bits per heavy atom. The molecule has 0 aliphatic heterocycles. The van der Waals surface area contributed by atoms with Crippen LogP contribution in [-0.4, -0.2) is 8.42 Å². The SMILES string of the molecule is Cc1cc(Br)ccc1NS(=O)(=O)c1ccc(N)cc1Cl. The number of aryl methyl sites for hydroxylation is 1. The first kappa shape index (κ1) is 15.2. The van der Waals surface area contributed by atoms with Gasteiger partial charge < -0.3 is 5.73 Å². The molecule has 7 heteroatoms. The molecule has 0 saturated carbocycles. The van der Waals surface area contributed by atoms with Crippen LogP contribution in [0.5, 0.6) is 0 Å². The molecule has 0 aromatic heterocycles. The molecular weight excluding hydrogens is 364 g/mol. The van der Waals surface area contributed by atoms with Crippen molar-refractivity contribution in [3.05, 3.63) is 51.5 Å². The van der Waals surface area contributed by atoms with Crippen molar-refractivity contribution < 1.29 is 8.42 Å². The van der Waals surface area contributed by atoms with E-state index < -0.39 is 10.0 Å². The summed E-state index contributed by atoms with van der Waals surface area (Å²) in [7, 11) is -3.75. The zero-order chi connectivity index (χ0) is 14.9. The van der Waals surface area contributed by atoms with Crippen molar-refractivity contribution in [1.82, 2.24) is 0 Å². The van der Waals surface area contributed by atoms with E-state index in [0.29, 0.717) is 11.4 Å². The Morgan fingerprint density at radius 3 is 2.50 bits per heavy atom. The normalized spacial score (nSPS) is 11.3. The van der Waals surface area contributed by atoms with Crippen LogP contribution < -0.4 is 10.5 Å². The van der Waals surface area contributed by atoms with Crippen molar-refractivity contribution >= 4 is 48.9 Å². The highest BCUT2D eigenvalue weighted by Gasteiger charge is 2.18. The lowest BCUT2D eigenvalue weighted by atomic mass is 10.2. The molecule has 106 valence electrons. The molecule has 20 heavy (non-hydrogen) atoms. The van der Waals surface area contributed by atoms with Crippen LogP contribution in [0.4, 0.5) is 11.4 Å². The van der Waals surface area contributed by atoms with E-state index in [9.17, 15) is 8.42 Å². The highest BCUT2D eigenvalue weighted by Crippen LogP contribution is 2.27. The summed E-state index contributed by atoms with van der Waals surface area (Å²) in [5, 5.41) is 0.0901. The Bertz CT molecular complexity index is 763. The van der Waals surface area contributed by atoms with E-state index in [2.05, 4.69) is 20.7 Å². The van der Waals surface area contributed by atoms with Gasteiger partial charge in [-0.15, -0.1) is 0 Å². The summed E-state index contributed by atoms with van der Waals surface area (Å²) in [5.74, 6) is 0. The van der Waals surface area contributed by atoms with E-state index in [4.69, 9.17) is 17.3 Å². The van der Waals surface area contributed by atoms with Crippen molar-refractivity contribution in [2.75, 3.05) is 10.5 Å². The lowest BCUT2D eigenvalue weighted by Crippen LogP contribution is -2.14. The standard InChI is InChI=1S/C13H12BrClN2O2S/c1-8-6-9(14)2-4-12(8)17-20(18,19)13-5-3-10(16)7-11(13)15/h2-7,17H,16H2,1H3. The molecule has 0 spiro atoms. The fourth-order valence-corrected chi connectivity index (χ4v) is 3.84. The van der Waals surface area contributed by atoms with Crippen LogP contribution in [0.1, 0.15) is 5.56 Å². The van der Waals surface area contributed by atoms with Gasteiger partial charge in [-0.1, -0.05) is 27.5 Å². The second kappa shape index (κ2) is 5.63. The van der Waals surface area contributed by atoms with E-state index in [1.54, 1.807) is 12.1 Å². The zero-order valence-corrected chi connectivity index (χ0v) is 13.7. The van der Waals surface area contributed by atoms with Crippen LogP contribution in [0.15, 0.2) is 45.8 Å². The third kappa shape index (κ3) is 3.26. The Morgan fingerprint density at radius 2 is 1.90 bits per heavy atom. The summed E-state index contributed by atoms with van der Waals surface area (Å²) >= 11 is 9.27. The van der Waals surface area contributed by atoms with Crippen LogP contribution in [0.3, 0.4) is 0 Å². The maximum atomic E-state index is 12.3. The van der Waals surface area contributed by atoms with Gasteiger partial charge in [0.05, 0.1) is 10.7 Å². The number of hydrogen-bond acceptors (Lipinski definition) is 3. The molecule has 0 bridgehead atoms. The predicted octanol–water partition coefficient (Wildman–Crippen LogP) is 3.79. The predicted molar refractivity (Wildman–Crippen MR) is 85.6 cm³/mol. The third-order valence-corrected chi connectivity index (χ3v) is 5.02. The van der Waals surface area contributed by atoms with E-state index >= 15 is 0 Å². The van der Waals surface area contributed by atoms with Crippen LogP contribution in [0.2, 0.25) is 5.02 Å². The van der Waals surface area contributed by atoms with E-state index in [-0.39, 0.29) is 9.92 Å². The number of rotatable bonds is 3. The Kier molecular flexibility index (Phi) is 4.27. The monoisotopic (exact) mass is 374 g/mol. The molecule has 0 atom stereocenters. The van der Waals surface area contributed by atoms with Gasteiger partial charge in [-0.2, -0.15) is 0 Å². The number of nitrogens with two attached hydrogens (primary N) is 1. The fourth-order valence-electron chi connectivity index (χ4n) is 1.68. The number of halogens is 2. The quantitative estimate of drug-likeness (QED) is 0.802. The van der Waals surface area contributed by atoms with Gasteiger partial charge in [0.25, 0.3) is 10.0 Å². The van der Waals surface area contributed by atoms with Gasteiger partial charge in [0.15, 0.2) is 0 Å². The summed E-state index contributed by atoms with van der Waals surface area (Å²) in [6, 6.07) is 9.55. The van der Waals surface area contributed by atoms with Gasteiger partial charge in [0.2, 0.25) is 0 Å². The topological polar surface area (TPSA) is 72.2 Å². The van der Waals surface area contributed by atoms with Gasteiger partial charge in [-0.05, 0) is 48.9 Å². The molecule has 2 aromatic carbocycles. The lowest BCUT2D eigenvalue weighted by molar-refractivity contribution is 0.601. The van der Waals surface area contributed by atoms with Gasteiger partial charge in [-0.25, -0.2) is 8.42 Å². The molecule has 0 unspecified atom stereocenters. The summed E-state index contributed by atoms with van der Waals surface area (Å²) in [6.07, 6.45) is 0. The van der Waals surface area contributed by atoms with Crippen LogP contribution >= 0.6 is 27.5 Å². The van der Waals surface area contributed by atoms with Crippen LogP contribution in [-0.2, 0) is 10.0 Å². The van der Waals surface area contributed by atoms with Crippen molar-refractivity contribution in [2.45, 2.75) is 11.8 Å². The maximum absolute atomic E-state index is 12.3. The van der Waals surface area contributed by atoms with Crippen molar-refractivity contribution in [3.63, 3.8) is 0 Å². The van der Waals surface area contributed by atoms with Crippen molar-refractivity contribution in [1.29, 1.82) is 0 Å². The van der Waals surface area contributed by atoms with E-state index in [1.807, 2.05) is 13.0 Å². The fraction of sp³-hybridized carbons (Fsp3) is 0.0769. The molecular formula is C13H12BrClN2O2S. The van der Waals surface area contributed by atoms with Crippen molar-refractivity contribution in [2.24, 2.45) is 0 Å². The number of benzene rings is 2. The Labute approximate surface area is 131 Å². The van der Waals surface area contributed by atoms with Gasteiger partial charge in [0, 0.05) is 10.2 Å². The average molecular weight is 376 g/mol. The third-order valence-electron chi connectivity index (χ3n) is 2.68. The molecule has 0 aliphatic rings. The minimum absolute atomic E-state index is 0.00399. The molecule has 0 heterocycles. The zero-order valence-electron chi connectivity index (χ0n) is 10.5. The summed E-state index contributed by atoms with van der Waals surface area (Å²) in [5.41, 5.74) is 7.27. The maximum Gasteiger partial charge on any atom is 0.263 e. The van der Waals surface area contributed by atoms with Gasteiger partial charge in [-0.3, -0.25) is 4.72 Å². The lowest BCUT2D eigenvalue weighted by Gasteiger charge is -2.12. The van der Waals surface area contributed by atoms with E-state index in [1.165, 1.54) is 18.2 Å². The number of nitrogen functional groups attached to an aromatic ring is 1. The minimum atomic E-state index is -3.75. The summed E-state index contributed by atoms with van der Waals surface area (Å²) in [4.78, 5) is -0.00399. The van der Waals surface area contributed by atoms with Gasteiger partial charge in [0.1, 0.15) is 4.90 Å². The molecule has 0 saturated heterocycles. The molecule has 2 rings (SSSR count). The molecule has 4 nitrogen and oxygen atoms in total. The highest BCUT2D eigenvalue weighted by atomic mass is 79.9. The Hall–Kier alpha value is -1.24. The number of sulfonamides is 1. The molecule has 3 N–H and O–H groups in total. The second-order valence-electron chi connectivity index (χ2n) is 4.25. The first-order valence-electron chi connectivity index (χ1n) is 5.63. The molecule has 0 fully saturated rings. The first-order valence-corrected chi connectivity index (χ1v) is 8.29. The highest BCUT2D eigenvalue weighted by molar-refractivity contribution is 9.10. The van der Waals surface area contributed by atoms with E-state index in [0.717, 1.165) is 10.0 Å². The largest absolute Gasteiger partial charge is 0.399 e. The smallest absolute Gasteiger partial charge is 0.263 e. The number of hydrogen-bond donors (Lipinski definition) is 2. The molecule has 2 aromatic rings. The number of nitrogens with one attached hydrogen (secondary N) is 1. The summed E-state index contributed by atoms with van der Waals surface area (Å²) in [6.45, 7) is 1.81. The summed E-state index contributed by atoms with van der Waals surface area (Å²) < 4.78 is 28.0. The average Bonchev–Trinajstić information content (AvgIpc) is 2.32. The van der Waals surface area contributed by atoms with Crippen LogP contribution in [0.25, 0.3) is 0 Å². The minimum Gasteiger partial charge on any atom is -0.399 e. The van der Waals surface area contributed by atoms with Gasteiger partial charge >= 0.3 is 0 Å². The Balaban J connectivity index is 2.41. The second-order valence-corrected chi connectivity index (χ2v) is 7.23. The number of anilines is 2. The first-order chi connectivity index (χ1) is 9.29. The molecule has 0 amide bonds. The van der Waals surface area contributed by atoms with Crippen molar-refractivity contribution in [3.8, 4) is 0 Å².